The highest BCUT2D eigenvalue weighted by Gasteiger charge is 2.25. The van der Waals surface area contributed by atoms with Crippen LogP contribution in [0, 0.1) is 18.8 Å². The van der Waals surface area contributed by atoms with Crippen LogP contribution in [0.4, 0.5) is 0 Å². The summed E-state index contributed by atoms with van der Waals surface area (Å²) in [4.78, 5) is 0.210. The van der Waals surface area contributed by atoms with Gasteiger partial charge in [-0.25, -0.2) is 13.1 Å². The van der Waals surface area contributed by atoms with Gasteiger partial charge in [0, 0.05) is 12.6 Å². The summed E-state index contributed by atoms with van der Waals surface area (Å²) in [5, 5.41) is 0. The minimum atomic E-state index is -3.50. The molecule has 1 aliphatic carbocycles. The van der Waals surface area contributed by atoms with Gasteiger partial charge < -0.3 is 10.2 Å². The van der Waals surface area contributed by atoms with Gasteiger partial charge in [0.25, 0.3) is 0 Å². The molecule has 2 unspecified atom stereocenters. The third-order valence-electron chi connectivity index (χ3n) is 4.24. The first-order valence-corrected chi connectivity index (χ1v) is 8.71. The topological polar surface area (TPSA) is 85.3 Å². The van der Waals surface area contributed by atoms with Crippen molar-refractivity contribution < 1.29 is 12.8 Å². The molecule has 2 rings (SSSR count). The quantitative estimate of drug-likeness (QED) is 0.872. The molecule has 0 bridgehead atoms. The van der Waals surface area contributed by atoms with E-state index < -0.39 is 10.0 Å². The summed E-state index contributed by atoms with van der Waals surface area (Å²) in [6.45, 7) is 4.56. The van der Waals surface area contributed by atoms with Crippen LogP contribution in [-0.2, 0) is 16.6 Å². The lowest BCUT2D eigenvalue weighted by atomic mass is 9.81. The Morgan fingerprint density at radius 3 is 2.70 bits per heavy atom. The van der Waals surface area contributed by atoms with Crippen LogP contribution < -0.4 is 10.5 Å². The average Bonchev–Trinajstić information content (AvgIpc) is 2.80. The van der Waals surface area contributed by atoms with E-state index in [1.807, 2.05) is 0 Å². The molecule has 0 saturated heterocycles. The number of nitrogens with one attached hydrogen (secondary N) is 1. The van der Waals surface area contributed by atoms with Crippen molar-refractivity contribution in [1.29, 1.82) is 0 Å². The van der Waals surface area contributed by atoms with Gasteiger partial charge in [0.2, 0.25) is 10.0 Å². The zero-order valence-electron chi connectivity index (χ0n) is 12.2. The number of rotatable bonds is 5. The summed E-state index contributed by atoms with van der Waals surface area (Å²) in [6.07, 6.45) is 4.74. The Morgan fingerprint density at radius 2 is 2.10 bits per heavy atom. The number of hydrogen-bond donors (Lipinski definition) is 2. The number of aryl methyl sites for hydroxylation is 1. The van der Waals surface area contributed by atoms with Crippen LogP contribution in [0.3, 0.4) is 0 Å². The molecule has 3 N–H and O–H groups in total. The third kappa shape index (κ3) is 3.42. The first-order chi connectivity index (χ1) is 9.44. The molecule has 1 heterocycles. The van der Waals surface area contributed by atoms with Crippen molar-refractivity contribution in [3.8, 4) is 0 Å². The molecule has 1 aliphatic rings. The van der Waals surface area contributed by atoms with Crippen molar-refractivity contribution >= 4 is 10.0 Å². The van der Waals surface area contributed by atoms with E-state index >= 15 is 0 Å². The van der Waals surface area contributed by atoms with Gasteiger partial charge in [-0.05, 0) is 25.2 Å². The third-order valence-corrected chi connectivity index (χ3v) is 5.77. The maximum Gasteiger partial charge on any atom is 0.244 e. The van der Waals surface area contributed by atoms with Crippen molar-refractivity contribution in [2.75, 3.05) is 6.54 Å². The Kier molecular flexibility index (Phi) is 4.88. The van der Waals surface area contributed by atoms with Crippen LogP contribution in [-0.4, -0.2) is 15.0 Å². The van der Waals surface area contributed by atoms with E-state index in [9.17, 15) is 8.42 Å². The number of hydrogen-bond acceptors (Lipinski definition) is 4. The largest absolute Gasteiger partial charge is 0.464 e. The lowest BCUT2D eigenvalue weighted by Gasteiger charge is -2.28. The van der Waals surface area contributed by atoms with Crippen LogP contribution in [0.5, 0.6) is 0 Å². The Balaban J connectivity index is 2.05. The smallest absolute Gasteiger partial charge is 0.244 e. The summed E-state index contributed by atoms with van der Waals surface area (Å²) in [5.74, 6) is 1.90. The van der Waals surface area contributed by atoms with Crippen molar-refractivity contribution in [3.63, 3.8) is 0 Å². The van der Waals surface area contributed by atoms with Crippen LogP contribution in [0.15, 0.2) is 15.4 Å². The predicted octanol–water partition coefficient (Wildman–Crippen LogP) is 2.15. The van der Waals surface area contributed by atoms with Crippen LogP contribution in [0.2, 0.25) is 0 Å². The second kappa shape index (κ2) is 6.28. The summed E-state index contributed by atoms with van der Waals surface area (Å²) >= 11 is 0. The molecule has 0 aliphatic heterocycles. The van der Waals surface area contributed by atoms with E-state index in [-0.39, 0.29) is 11.4 Å². The van der Waals surface area contributed by atoms with E-state index in [1.54, 1.807) is 6.92 Å². The zero-order valence-corrected chi connectivity index (χ0v) is 13.0. The van der Waals surface area contributed by atoms with Crippen molar-refractivity contribution in [1.82, 2.24) is 4.72 Å². The van der Waals surface area contributed by atoms with Crippen molar-refractivity contribution in [3.05, 3.63) is 17.6 Å². The minimum absolute atomic E-state index is 0.204. The van der Waals surface area contributed by atoms with E-state index in [2.05, 4.69) is 11.6 Å². The highest BCUT2D eigenvalue weighted by atomic mass is 32.2. The molecule has 0 spiro atoms. The summed E-state index contributed by atoms with van der Waals surface area (Å²) in [5.41, 5.74) is 5.48. The monoisotopic (exact) mass is 300 g/mol. The van der Waals surface area contributed by atoms with Gasteiger partial charge in [-0.3, -0.25) is 0 Å². The molecule has 6 heteroatoms. The maximum absolute atomic E-state index is 12.3. The molecule has 1 aromatic rings. The van der Waals surface area contributed by atoms with Gasteiger partial charge in [0.1, 0.15) is 16.4 Å². The van der Waals surface area contributed by atoms with Gasteiger partial charge in [-0.2, -0.15) is 0 Å². The van der Waals surface area contributed by atoms with E-state index in [0.717, 1.165) is 6.42 Å². The Bertz CT molecular complexity index is 551. The molecule has 1 aromatic heterocycles. The van der Waals surface area contributed by atoms with Gasteiger partial charge in [-0.1, -0.05) is 26.2 Å². The molecule has 114 valence electrons. The zero-order chi connectivity index (χ0) is 14.8. The molecular formula is C14H24N2O3S. The lowest BCUT2D eigenvalue weighted by Crippen LogP contribution is -2.33. The highest BCUT2D eigenvalue weighted by Crippen LogP contribution is 2.29. The Morgan fingerprint density at radius 1 is 1.40 bits per heavy atom. The molecular weight excluding hydrogens is 276 g/mol. The Hall–Kier alpha value is -0.850. The molecule has 1 fully saturated rings. The summed E-state index contributed by atoms with van der Waals surface area (Å²) < 4.78 is 32.7. The van der Waals surface area contributed by atoms with E-state index in [4.69, 9.17) is 10.2 Å². The SMILES string of the molecule is Cc1oc(CN)cc1S(=O)(=O)NCC1CCCCC1C. The van der Waals surface area contributed by atoms with E-state index in [1.165, 1.54) is 25.3 Å². The average molecular weight is 300 g/mol. The molecule has 0 radical (unpaired) electrons. The first kappa shape index (κ1) is 15.5. The molecule has 5 nitrogen and oxygen atoms in total. The summed E-state index contributed by atoms with van der Waals surface area (Å²) in [6, 6.07) is 1.52. The van der Waals surface area contributed by atoms with Gasteiger partial charge in [0.15, 0.2) is 0 Å². The molecule has 0 aromatic carbocycles. The maximum atomic E-state index is 12.3. The number of sulfonamides is 1. The van der Waals surface area contributed by atoms with Gasteiger partial charge in [0.05, 0.1) is 6.54 Å². The molecule has 20 heavy (non-hydrogen) atoms. The van der Waals surface area contributed by atoms with Gasteiger partial charge >= 0.3 is 0 Å². The van der Waals surface area contributed by atoms with Gasteiger partial charge in [-0.15, -0.1) is 0 Å². The predicted molar refractivity (Wildman–Crippen MR) is 77.6 cm³/mol. The standard InChI is InChI=1S/C14H24N2O3S/c1-10-5-3-4-6-12(10)9-16-20(17,18)14-7-13(8-15)19-11(14)2/h7,10,12,16H,3-6,8-9,15H2,1-2H3. The number of nitrogens with two attached hydrogens (primary N) is 1. The van der Waals surface area contributed by atoms with Crippen LogP contribution in [0.1, 0.15) is 44.1 Å². The Labute approximate surface area is 121 Å². The fraction of sp³-hybridized carbons (Fsp3) is 0.714. The second-order valence-electron chi connectivity index (χ2n) is 5.71. The first-order valence-electron chi connectivity index (χ1n) is 7.23. The summed E-state index contributed by atoms with van der Waals surface area (Å²) in [7, 11) is -3.50. The van der Waals surface area contributed by atoms with E-state index in [0.29, 0.717) is 29.9 Å². The van der Waals surface area contributed by atoms with Crippen LogP contribution >= 0.6 is 0 Å². The normalized spacial score (nSPS) is 23.9. The lowest BCUT2D eigenvalue weighted by molar-refractivity contribution is 0.257. The minimum Gasteiger partial charge on any atom is -0.464 e. The number of furan rings is 1. The molecule has 1 saturated carbocycles. The molecule has 0 amide bonds. The fourth-order valence-electron chi connectivity index (χ4n) is 2.88. The van der Waals surface area contributed by atoms with Crippen molar-refractivity contribution in [2.45, 2.75) is 51.0 Å². The highest BCUT2D eigenvalue weighted by molar-refractivity contribution is 7.89. The van der Waals surface area contributed by atoms with Crippen molar-refractivity contribution in [2.24, 2.45) is 17.6 Å². The van der Waals surface area contributed by atoms with Crippen LogP contribution in [0.25, 0.3) is 0 Å². The second-order valence-corrected chi connectivity index (χ2v) is 7.45. The fourth-order valence-corrected chi connectivity index (χ4v) is 4.18. The molecule has 2 atom stereocenters.